The average Bonchev–Trinajstić information content (AvgIpc) is 3.36. The van der Waals surface area contributed by atoms with Crippen LogP contribution in [0.15, 0.2) is 48.0 Å². The number of hydrogen-bond donors (Lipinski definition) is 2. The van der Waals surface area contributed by atoms with Crippen molar-refractivity contribution in [1.29, 1.82) is 0 Å². The van der Waals surface area contributed by atoms with Crippen LogP contribution in [0.25, 0.3) is 5.69 Å². The van der Waals surface area contributed by atoms with Crippen molar-refractivity contribution >= 4 is 11.9 Å². The van der Waals surface area contributed by atoms with Crippen LogP contribution >= 0.6 is 0 Å². The molecule has 2 N–H and O–H groups in total. The first-order valence-electron chi connectivity index (χ1n) is 9.02. The molecule has 1 saturated heterocycles. The van der Waals surface area contributed by atoms with Crippen molar-refractivity contribution in [3.8, 4) is 5.69 Å². The van der Waals surface area contributed by atoms with Crippen molar-refractivity contribution in [3.05, 3.63) is 48.5 Å². The number of para-hydroxylation sites is 1. The first-order valence-corrected chi connectivity index (χ1v) is 9.02. The Kier molecular flexibility index (Phi) is 5.88. The van der Waals surface area contributed by atoms with Crippen LogP contribution in [-0.2, 0) is 11.3 Å². The molecule has 1 aliphatic heterocycles. The van der Waals surface area contributed by atoms with Gasteiger partial charge >= 0.3 is 0 Å². The Balaban J connectivity index is 1.58. The van der Waals surface area contributed by atoms with Crippen molar-refractivity contribution in [3.63, 3.8) is 0 Å². The molecule has 0 aliphatic carbocycles. The maximum atomic E-state index is 11.8. The molecule has 2 heterocycles. The van der Waals surface area contributed by atoms with E-state index in [0.29, 0.717) is 13.0 Å². The quantitative estimate of drug-likeness (QED) is 0.631. The smallest absolute Gasteiger partial charge is 0.222 e. The topological polar surface area (TPSA) is 74.6 Å². The number of carbonyl (C=O) groups is 1. The summed E-state index contributed by atoms with van der Waals surface area (Å²) < 4.78 is 2.00. The number of benzene rings is 1. The predicted octanol–water partition coefficient (Wildman–Crippen LogP) is 1.55. The van der Waals surface area contributed by atoms with E-state index in [1.165, 1.54) is 0 Å². The van der Waals surface area contributed by atoms with E-state index in [1.54, 1.807) is 19.6 Å². The number of guanidine groups is 1. The lowest BCUT2D eigenvalue weighted by molar-refractivity contribution is -0.129. The zero-order chi connectivity index (χ0) is 18.4. The van der Waals surface area contributed by atoms with Gasteiger partial charge in [-0.15, -0.1) is 0 Å². The molecule has 1 aliphatic rings. The number of likely N-dealkylation sites (tertiary alicyclic amines) is 1. The Bertz CT molecular complexity index is 755. The summed E-state index contributed by atoms with van der Waals surface area (Å²) in [4.78, 5) is 22.2. The average molecular weight is 354 g/mol. The lowest BCUT2D eigenvalue weighted by atomic mass is 10.1. The number of rotatable bonds is 5. The summed E-state index contributed by atoms with van der Waals surface area (Å²) in [6.45, 7) is 4.10. The number of amides is 1. The lowest BCUT2D eigenvalue weighted by Gasteiger charge is -2.19. The van der Waals surface area contributed by atoms with Gasteiger partial charge in [-0.25, -0.2) is 4.98 Å². The Morgan fingerprint density at radius 3 is 2.96 bits per heavy atom. The van der Waals surface area contributed by atoms with Gasteiger partial charge in [0.15, 0.2) is 5.96 Å². The lowest BCUT2D eigenvalue weighted by Crippen LogP contribution is -2.44. The summed E-state index contributed by atoms with van der Waals surface area (Å²) in [6.07, 6.45) is 7.00. The van der Waals surface area contributed by atoms with Gasteiger partial charge in [-0.05, 0) is 18.1 Å². The molecule has 1 amide bonds. The zero-order valence-corrected chi connectivity index (χ0v) is 15.4. The van der Waals surface area contributed by atoms with Gasteiger partial charge in [0.1, 0.15) is 0 Å². The highest BCUT2D eigenvalue weighted by atomic mass is 16.2. The largest absolute Gasteiger partial charge is 0.352 e. The number of hydrogen-bond acceptors (Lipinski definition) is 3. The van der Waals surface area contributed by atoms with Crippen molar-refractivity contribution < 1.29 is 4.79 Å². The van der Waals surface area contributed by atoms with E-state index in [-0.39, 0.29) is 11.9 Å². The Morgan fingerprint density at radius 2 is 2.23 bits per heavy atom. The highest BCUT2D eigenvalue weighted by molar-refractivity contribution is 5.80. The molecule has 0 radical (unpaired) electrons. The first-order chi connectivity index (χ1) is 12.7. The van der Waals surface area contributed by atoms with Crippen LogP contribution in [-0.4, -0.2) is 52.5 Å². The maximum absolute atomic E-state index is 11.8. The molecule has 1 fully saturated rings. The van der Waals surface area contributed by atoms with Crippen molar-refractivity contribution in [2.45, 2.75) is 32.4 Å². The monoisotopic (exact) mass is 354 g/mol. The minimum Gasteiger partial charge on any atom is -0.352 e. The summed E-state index contributed by atoms with van der Waals surface area (Å²) >= 11 is 0. The van der Waals surface area contributed by atoms with E-state index >= 15 is 0 Å². The SMILES string of the molecule is CCC(=O)N1CCC(NC(=NC)NCc2ccccc2-n2ccnc2)C1. The second kappa shape index (κ2) is 8.51. The molecule has 7 nitrogen and oxygen atoms in total. The molecular weight excluding hydrogens is 328 g/mol. The fourth-order valence-corrected chi connectivity index (χ4v) is 3.21. The summed E-state index contributed by atoms with van der Waals surface area (Å²) in [5, 5.41) is 6.80. The molecule has 26 heavy (non-hydrogen) atoms. The van der Waals surface area contributed by atoms with Crippen molar-refractivity contribution in [2.75, 3.05) is 20.1 Å². The second-order valence-electron chi connectivity index (χ2n) is 6.35. The van der Waals surface area contributed by atoms with Crippen LogP contribution in [0.2, 0.25) is 0 Å². The third kappa shape index (κ3) is 4.22. The Hall–Kier alpha value is -2.83. The number of carbonyl (C=O) groups excluding carboxylic acids is 1. The van der Waals surface area contributed by atoms with Crippen LogP contribution in [0.5, 0.6) is 0 Å². The normalized spacial score (nSPS) is 17.4. The number of imidazole rings is 1. The van der Waals surface area contributed by atoms with E-state index in [1.807, 2.05) is 34.7 Å². The maximum Gasteiger partial charge on any atom is 0.222 e. The molecule has 2 aromatic rings. The molecule has 0 saturated carbocycles. The standard InChI is InChI=1S/C19H26N6O/c1-3-18(26)24-10-8-16(13-24)23-19(20-2)22-12-15-6-4-5-7-17(15)25-11-9-21-14-25/h4-7,9,11,14,16H,3,8,10,12-13H2,1-2H3,(H2,20,22,23). The van der Waals surface area contributed by atoms with Gasteiger partial charge in [0.2, 0.25) is 5.91 Å². The van der Waals surface area contributed by atoms with E-state index in [2.05, 4.69) is 32.7 Å². The van der Waals surface area contributed by atoms with Gasteiger partial charge < -0.3 is 20.1 Å². The van der Waals surface area contributed by atoms with Crippen LogP contribution in [0.3, 0.4) is 0 Å². The minimum atomic E-state index is 0.214. The number of aliphatic imine (C=N–C) groups is 1. The van der Waals surface area contributed by atoms with E-state index < -0.39 is 0 Å². The summed E-state index contributed by atoms with van der Waals surface area (Å²) in [6, 6.07) is 8.44. The van der Waals surface area contributed by atoms with E-state index in [4.69, 9.17) is 0 Å². The Morgan fingerprint density at radius 1 is 1.38 bits per heavy atom. The van der Waals surface area contributed by atoms with Crippen LogP contribution in [0, 0.1) is 0 Å². The minimum absolute atomic E-state index is 0.214. The van der Waals surface area contributed by atoms with Crippen LogP contribution in [0.4, 0.5) is 0 Å². The fourth-order valence-electron chi connectivity index (χ4n) is 3.21. The van der Waals surface area contributed by atoms with Gasteiger partial charge in [-0.2, -0.15) is 0 Å². The van der Waals surface area contributed by atoms with Gasteiger partial charge in [0.25, 0.3) is 0 Å². The van der Waals surface area contributed by atoms with Gasteiger partial charge in [0.05, 0.1) is 12.0 Å². The van der Waals surface area contributed by atoms with Gasteiger partial charge in [0, 0.05) is 51.5 Å². The molecule has 0 spiro atoms. The molecule has 0 bridgehead atoms. The highest BCUT2D eigenvalue weighted by Crippen LogP contribution is 2.14. The van der Waals surface area contributed by atoms with Gasteiger partial charge in [-0.1, -0.05) is 25.1 Å². The van der Waals surface area contributed by atoms with E-state index in [9.17, 15) is 4.79 Å². The fraction of sp³-hybridized carbons (Fsp3) is 0.421. The van der Waals surface area contributed by atoms with E-state index in [0.717, 1.165) is 36.7 Å². The number of aromatic nitrogens is 2. The molecule has 1 atom stereocenters. The van der Waals surface area contributed by atoms with Crippen LogP contribution in [0.1, 0.15) is 25.3 Å². The number of nitrogens with zero attached hydrogens (tertiary/aromatic N) is 4. The third-order valence-corrected chi connectivity index (χ3v) is 4.63. The summed E-state index contributed by atoms with van der Waals surface area (Å²) in [7, 11) is 1.76. The molecule has 7 heteroatoms. The molecule has 1 unspecified atom stereocenters. The second-order valence-corrected chi connectivity index (χ2v) is 6.35. The predicted molar refractivity (Wildman–Crippen MR) is 102 cm³/mol. The molecular formula is C19H26N6O. The molecule has 138 valence electrons. The molecule has 3 rings (SSSR count). The zero-order valence-electron chi connectivity index (χ0n) is 15.4. The molecule has 1 aromatic heterocycles. The number of nitrogens with one attached hydrogen (secondary N) is 2. The summed E-state index contributed by atoms with van der Waals surface area (Å²) in [5.74, 6) is 0.965. The summed E-state index contributed by atoms with van der Waals surface area (Å²) in [5.41, 5.74) is 2.25. The van der Waals surface area contributed by atoms with Gasteiger partial charge in [-0.3, -0.25) is 9.79 Å². The van der Waals surface area contributed by atoms with Crippen LogP contribution < -0.4 is 10.6 Å². The van der Waals surface area contributed by atoms with Crippen molar-refractivity contribution in [2.24, 2.45) is 4.99 Å². The van der Waals surface area contributed by atoms with Crippen molar-refractivity contribution in [1.82, 2.24) is 25.1 Å². The first kappa shape index (κ1) is 18.0. The molecule has 1 aromatic carbocycles. The third-order valence-electron chi connectivity index (χ3n) is 4.63. The Labute approximate surface area is 154 Å². The highest BCUT2D eigenvalue weighted by Gasteiger charge is 2.25.